The molecule has 0 bridgehead atoms. The van der Waals surface area contributed by atoms with Crippen molar-refractivity contribution >= 4 is 46.3 Å². The Kier molecular flexibility index (Phi) is 4.45. The van der Waals surface area contributed by atoms with Crippen LogP contribution in [0.2, 0.25) is 0 Å². The van der Waals surface area contributed by atoms with Crippen LogP contribution in [0.15, 0.2) is 33.7 Å². The molecule has 5 heteroatoms. The van der Waals surface area contributed by atoms with Gasteiger partial charge in [0.1, 0.15) is 4.49 Å². The molecule has 0 unspecified atom stereocenters. The van der Waals surface area contributed by atoms with Gasteiger partial charge in [0.15, 0.2) is 0 Å². The molecule has 76 valence electrons. The lowest BCUT2D eigenvalue weighted by Crippen LogP contribution is -1.93. The monoisotopic (exact) mass is 248 g/mol. The summed E-state index contributed by atoms with van der Waals surface area (Å²) < 4.78 is 0.279. The first kappa shape index (κ1) is 11.6. The summed E-state index contributed by atoms with van der Waals surface area (Å²) in [6.07, 6.45) is 1.72. The number of anilines is 2. The van der Waals surface area contributed by atoms with Crippen LogP contribution in [0, 0.1) is 0 Å². The number of hydrogen-bond acceptors (Lipinski definition) is 3. The number of nitrogen functional groups attached to an aromatic ring is 2. The molecule has 0 spiro atoms. The highest BCUT2D eigenvalue weighted by molar-refractivity contribution is 7.99. The number of nitrogens with two attached hydrogens (primary N) is 2. The van der Waals surface area contributed by atoms with Crippen molar-refractivity contribution in [3.8, 4) is 0 Å². The molecule has 1 aromatic rings. The Morgan fingerprint density at radius 1 is 1.29 bits per heavy atom. The molecule has 0 radical (unpaired) electrons. The zero-order valence-electron chi connectivity index (χ0n) is 7.34. The molecular weight excluding hydrogens is 239 g/mol. The second kappa shape index (κ2) is 5.39. The fourth-order valence-corrected chi connectivity index (χ4v) is 2.00. The third kappa shape index (κ3) is 3.70. The van der Waals surface area contributed by atoms with Gasteiger partial charge in [0.05, 0.1) is 11.4 Å². The molecule has 0 atom stereocenters. The summed E-state index contributed by atoms with van der Waals surface area (Å²) in [5.74, 6) is 0.714. The Balaban J connectivity index is 2.60. The van der Waals surface area contributed by atoms with E-state index in [1.807, 2.05) is 12.1 Å². The van der Waals surface area contributed by atoms with E-state index in [-0.39, 0.29) is 4.49 Å². The molecule has 1 aromatic carbocycles. The van der Waals surface area contributed by atoms with Crippen LogP contribution in [0.4, 0.5) is 11.4 Å². The maximum absolute atomic E-state index is 5.65. The average Bonchev–Trinajstić information content (AvgIpc) is 2.10. The van der Waals surface area contributed by atoms with Crippen LogP contribution >= 0.6 is 35.0 Å². The summed E-state index contributed by atoms with van der Waals surface area (Å²) in [7, 11) is 0. The smallest absolute Gasteiger partial charge is 0.103 e. The van der Waals surface area contributed by atoms with Gasteiger partial charge in [-0.15, -0.1) is 11.8 Å². The molecule has 0 amide bonds. The van der Waals surface area contributed by atoms with Crippen LogP contribution in [0.25, 0.3) is 0 Å². The van der Waals surface area contributed by atoms with Gasteiger partial charge >= 0.3 is 0 Å². The lowest BCUT2D eigenvalue weighted by atomic mass is 10.3. The van der Waals surface area contributed by atoms with Gasteiger partial charge in [-0.3, -0.25) is 0 Å². The van der Waals surface area contributed by atoms with E-state index < -0.39 is 0 Å². The minimum atomic E-state index is 0.279. The quantitative estimate of drug-likeness (QED) is 0.638. The van der Waals surface area contributed by atoms with Crippen molar-refractivity contribution in [3.05, 3.63) is 28.8 Å². The Bertz CT molecular complexity index is 349. The van der Waals surface area contributed by atoms with Crippen molar-refractivity contribution in [1.29, 1.82) is 0 Å². The number of halogens is 2. The average molecular weight is 249 g/mol. The van der Waals surface area contributed by atoms with Gasteiger partial charge in [0.2, 0.25) is 0 Å². The fourth-order valence-electron chi connectivity index (χ4n) is 0.844. The molecule has 14 heavy (non-hydrogen) atoms. The van der Waals surface area contributed by atoms with E-state index >= 15 is 0 Å². The zero-order valence-corrected chi connectivity index (χ0v) is 9.66. The molecular formula is C9H10Cl2N2S. The molecule has 4 N–H and O–H groups in total. The Morgan fingerprint density at radius 2 is 2.00 bits per heavy atom. The van der Waals surface area contributed by atoms with Gasteiger partial charge in [-0.2, -0.15) is 0 Å². The van der Waals surface area contributed by atoms with Crippen LogP contribution in [0.1, 0.15) is 0 Å². The first-order chi connectivity index (χ1) is 6.59. The number of thioether (sulfide) groups is 1. The van der Waals surface area contributed by atoms with E-state index in [9.17, 15) is 0 Å². The Labute approximate surface area is 97.2 Å². The fraction of sp³-hybridized carbons (Fsp3) is 0.111. The molecule has 0 saturated carbocycles. The van der Waals surface area contributed by atoms with E-state index in [1.54, 1.807) is 23.9 Å². The van der Waals surface area contributed by atoms with Gasteiger partial charge in [-0.05, 0) is 24.3 Å². The van der Waals surface area contributed by atoms with Crippen LogP contribution in [-0.2, 0) is 0 Å². The molecule has 0 aliphatic rings. The lowest BCUT2D eigenvalue weighted by Gasteiger charge is -2.02. The first-order valence-corrected chi connectivity index (χ1v) is 5.62. The Morgan fingerprint density at radius 3 is 2.57 bits per heavy atom. The van der Waals surface area contributed by atoms with Crippen LogP contribution in [0.5, 0.6) is 0 Å². The SMILES string of the molecule is Nc1ccc(SCC=C(Cl)Cl)cc1N. The third-order valence-electron chi connectivity index (χ3n) is 1.55. The molecule has 0 aromatic heterocycles. The summed E-state index contributed by atoms with van der Waals surface area (Å²) in [5, 5.41) is 0. The van der Waals surface area contributed by atoms with Gasteiger partial charge in [0, 0.05) is 10.6 Å². The molecule has 1 rings (SSSR count). The highest BCUT2D eigenvalue weighted by Crippen LogP contribution is 2.25. The maximum atomic E-state index is 5.65. The summed E-state index contributed by atoms with van der Waals surface area (Å²) in [4.78, 5) is 1.04. The van der Waals surface area contributed by atoms with E-state index in [2.05, 4.69) is 0 Å². The lowest BCUT2D eigenvalue weighted by molar-refractivity contribution is 1.46. The van der Waals surface area contributed by atoms with E-state index in [0.717, 1.165) is 4.90 Å². The summed E-state index contributed by atoms with van der Waals surface area (Å²) in [5.41, 5.74) is 12.4. The molecule has 0 aliphatic carbocycles. The second-order valence-corrected chi connectivity index (χ2v) is 4.70. The minimum Gasteiger partial charge on any atom is -0.397 e. The van der Waals surface area contributed by atoms with Crippen molar-refractivity contribution < 1.29 is 0 Å². The van der Waals surface area contributed by atoms with Gasteiger partial charge in [0.25, 0.3) is 0 Å². The van der Waals surface area contributed by atoms with Gasteiger partial charge in [-0.25, -0.2) is 0 Å². The van der Waals surface area contributed by atoms with Crippen molar-refractivity contribution in [3.63, 3.8) is 0 Å². The number of rotatable bonds is 3. The molecule has 0 aliphatic heterocycles. The van der Waals surface area contributed by atoms with Gasteiger partial charge < -0.3 is 11.5 Å². The largest absolute Gasteiger partial charge is 0.397 e. The van der Waals surface area contributed by atoms with Crippen molar-refractivity contribution in [1.82, 2.24) is 0 Å². The zero-order chi connectivity index (χ0) is 10.6. The Hall–Kier alpha value is -0.510. The predicted molar refractivity (Wildman–Crippen MR) is 65.8 cm³/mol. The number of benzene rings is 1. The molecule has 0 heterocycles. The topological polar surface area (TPSA) is 52.0 Å². The van der Waals surface area contributed by atoms with Crippen molar-refractivity contribution in [2.24, 2.45) is 0 Å². The highest BCUT2D eigenvalue weighted by Gasteiger charge is 1.97. The van der Waals surface area contributed by atoms with E-state index in [4.69, 9.17) is 34.7 Å². The predicted octanol–water partition coefficient (Wildman–Crippen LogP) is 3.26. The van der Waals surface area contributed by atoms with Crippen LogP contribution in [0.3, 0.4) is 0 Å². The van der Waals surface area contributed by atoms with E-state index in [0.29, 0.717) is 17.1 Å². The van der Waals surface area contributed by atoms with E-state index in [1.165, 1.54) is 0 Å². The molecule has 0 saturated heterocycles. The minimum absolute atomic E-state index is 0.279. The van der Waals surface area contributed by atoms with Crippen LogP contribution < -0.4 is 11.5 Å². The first-order valence-electron chi connectivity index (χ1n) is 3.88. The number of hydrogen-bond donors (Lipinski definition) is 2. The summed E-state index contributed by atoms with van der Waals surface area (Å²) in [6.45, 7) is 0. The van der Waals surface area contributed by atoms with Gasteiger partial charge in [-0.1, -0.05) is 23.2 Å². The summed E-state index contributed by atoms with van der Waals surface area (Å²) in [6, 6.07) is 5.52. The standard InChI is InChI=1S/C9H10Cl2N2S/c10-9(11)3-4-14-6-1-2-7(12)8(13)5-6/h1-3,5H,4,12-13H2. The normalized spacial score (nSPS) is 9.86. The second-order valence-electron chi connectivity index (χ2n) is 2.60. The molecule has 2 nitrogen and oxygen atoms in total. The van der Waals surface area contributed by atoms with Crippen LogP contribution in [-0.4, -0.2) is 5.75 Å². The third-order valence-corrected chi connectivity index (χ3v) is 2.78. The maximum Gasteiger partial charge on any atom is 0.103 e. The van der Waals surface area contributed by atoms with Crippen molar-refractivity contribution in [2.45, 2.75) is 4.90 Å². The summed E-state index contributed by atoms with van der Waals surface area (Å²) >= 11 is 12.5. The van der Waals surface area contributed by atoms with Crippen molar-refractivity contribution in [2.75, 3.05) is 17.2 Å². The molecule has 0 fully saturated rings. The highest BCUT2D eigenvalue weighted by atomic mass is 35.5.